The summed E-state index contributed by atoms with van der Waals surface area (Å²) in [5, 5.41) is 4.10. The van der Waals surface area contributed by atoms with Gasteiger partial charge in [-0.15, -0.1) is 11.3 Å². The van der Waals surface area contributed by atoms with Crippen LogP contribution in [0.25, 0.3) is 21.3 Å². The second-order valence-corrected chi connectivity index (χ2v) is 10.4. The number of nitrogens with zero attached hydrogens (tertiary/aromatic N) is 3. The van der Waals surface area contributed by atoms with E-state index in [1.165, 1.54) is 16.2 Å². The number of amides is 1. The van der Waals surface area contributed by atoms with Crippen LogP contribution in [0.5, 0.6) is 0 Å². The number of aromatic nitrogens is 2. The smallest absolute Gasteiger partial charge is 0.339 e. The van der Waals surface area contributed by atoms with E-state index in [2.05, 4.69) is 15.3 Å². The van der Waals surface area contributed by atoms with Crippen molar-refractivity contribution in [2.24, 2.45) is 5.92 Å². The fraction of sp³-hybridized carbons (Fsp3) is 0.286. The summed E-state index contributed by atoms with van der Waals surface area (Å²) in [6.07, 6.45) is -2.92. The van der Waals surface area contributed by atoms with Gasteiger partial charge in [0.25, 0.3) is 5.91 Å². The first kappa shape index (κ1) is 26.0. The van der Waals surface area contributed by atoms with Gasteiger partial charge in [0.15, 0.2) is 5.78 Å². The van der Waals surface area contributed by atoms with Gasteiger partial charge in [0.1, 0.15) is 5.69 Å². The van der Waals surface area contributed by atoms with Crippen LogP contribution >= 0.6 is 11.3 Å². The lowest BCUT2D eigenvalue weighted by molar-refractivity contribution is -0.195. The minimum absolute atomic E-state index is 0.0365. The number of thiazole rings is 1. The molecule has 0 spiro atoms. The zero-order valence-corrected chi connectivity index (χ0v) is 21.4. The van der Waals surface area contributed by atoms with E-state index in [1.54, 1.807) is 31.3 Å². The topological polar surface area (TPSA) is 75.2 Å². The number of pyridine rings is 1. The van der Waals surface area contributed by atoms with Crippen molar-refractivity contribution in [2.75, 3.05) is 13.2 Å². The molecule has 0 radical (unpaired) electrons. The predicted molar refractivity (Wildman–Crippen MR) is 140 cm³/mol. The van der Waals surface area contributed by atoms with Gasteiger partial charge < -0.3 is 5.32 Å². The first-order valence-corrected chi connectivity index (χ1v) is 13.1. The van der Waals surface area contributed by atoms with E-state index in [0.717, 1.165) is 10.9 Å². The third-order valence-electron chi connectivity index (χ3n) is 6.75. The number of likely N-dealkylation sites (tertiary alicyclic amines) is 1. The number of carbonyl (C=O) groups is 2. The molecule has 6 nitrogen and oxygen atoms in total. The Morgan fingerprint density at radius 1 is 1.08 bits per heavy atom. The van der Waals surface area contributed by atoms with E-state index in [0.29, 0.717) is 21.0 Å². The highest BCUT2D eigenvalue weighted by atomic mass is 32.1. The van der Waals surface area contributed by atoms with Gasteiger partial charge in [0.2, 0.25) is 0 Å². The summed E-state index contributed by atoms with van der Waals surface area (Å²) in [4.78, 5) is 37.5. The molecule has 2 aromatic carbocycles. The van der Waals surface area contributed by atoms with Gasteiger partial charge in [-0.2, -0.15) is 13.2 Å². The van der Waals surface area contributed by atoms with E-state index in [1.807, 2.05) is 42.5 Å². The van der Waals surface area contributed by atoms with Crippen molar-refractivity contribution in [3.63, 3.8) is 0 Å². The standard InChI is InChI=1S/C28H25F3N4O2S/c1-17-34-23(26(38-17)19-8-3-2-4-9-19)25(36)24-21(28(29,30)31)13-7-15-35(24)16-33-27(37)20-12-5-10-18-11-6-14-32-22(18)20/h2-6,8-12,14,21,24H,7,13,15-16H2,1H3,(H,33,37). The van der Waals surface area contributed by atoms with Crippen molar-refractivity contribution in [3.8, 4) is 10.4 Å². The number of halogens is 3. The number of hydrogen-bond donors (Lipinski definition) is 1. The quantitative estimate of drug-likeness (QED) is 0.311. The van der Waals surface area contributed by atoms with Crippen molar-refractivity contribution in [1.29, 1.82) is 0 Å². The molecule has 2 unspecified atom stereocenters. The maximum Gasteiger partial charge on any atom is 0.393 e. The number of benzene rings is 2. The number of ketones is 1. The Balaban J connectivity index is 1.45. The average Bonchev–Trinajstić information content (AvgIpc) is 3.32. The average molecular weight is 539 g/mol. The second kappa shape index (κ2) is 10.6. The minimum Gasteiger partial charge on any atom is -0.339 e. The van der Waals surface area contributed by atoms with Gasteiger partial charge in [0.05, 0.1) is 39.6 Å². The van der Waals surface area contributed by atoms with Crippen molar-refractivity contribution < 1.29 is 22.8 Å². The molecule has 2 aromatic heterocycles. The van der Waals surface area contributed by atoms with Crippen molar-refractivity contribution >= 4 is 33.9 Å². The third-order valence-corrected chi connectivity index (χ3v) is 7.77. The van der Waals surface area contributed by atoms with Crippen LogP contribution < -0.4 is 5.32 Å². The Labute approximate surface area is 221 Å². The second-order valence-electron chi connectivity index (χ2n) is 9.23. The molecule has 196 valence electrons. The van der Waals surface area contributed by atoms with Gasteiger partial charge >= 0.3 is 6.18 Å². The normalized spacial score (nSPS) is 18.4. The Hall–Kier alpha value is -3.63. The van der Waals surface area contributed by atoms with Crippen LogP contribution in [0.2, 0.25) is 0 Å². The fourth-order valence-corrected chi connectivity index (χ4v) is 5.94. The molecule has 1 saturated heterocycles. The molecule has 1 aliphatic heterocycles. The first-order chi connectivity index (χ1) is 18.2. The van der Waals surface area contributed by atoms with E-state index >= 15 is 0 Å². The summed E-state index contributed by atoms with van der Waals surface area (Å²) >= 11 is 1.28. The fourth-order valence-electron chi connectivity index (χ4n) is 5.01. The van der Waals surface area contributed by atoms with Crippen molar-refractivity contribution in [1.82, 2.24) is 20.2 Å². The largest absolute Gasteiger partial charge is 0.393 e. The summed E-state index contributed by atoms with van der Waals surface area (Å²) in [6, 6.07) is 16.3. The van der Waals surface area contributed by atoms with E-state index in [4.69, 9.17) is 0 Å². The molecule has 1 N–H and O–H groups in total. The number of para-hydroxylation sites is 1. The van der Waals surface area contributed by atoms with Crippen LogP contribution in [0.15, 0.2) is 66.9 Å². The third kappa shape index (κ3) is 5.19. The van der Waals surface area contributed by atoms with E-state index < -0.39 is 29.8 Å². The van der Waals surface area contributed by atoms with Crippen LogP contribution in [-0.2, 0) is 0 Å². The van der Waals surface area contributed by atoms with Gasteiger partial charge in [0, 0.05) is 18.1 Å². The number of rotatable bonds is 6. The summed E-state index contributed by atoms with van der Waals surface area (Å²) in [7, 11) is 0. The number of fused-ring (bicyclic) bond motifs is 1. The molecule has 5 rings (SSSR count). The Morgan fingerprint density at radius 3 is 2.61 bits per heavy atom. The zero-order chi connectivity index (χ0) is 26.9. The van der Waals surface area contributed by atoms with Crippen LogP contribution in [0.4, 0.5) is 13.2 Å². The number of carbonyl (C=O) groups excluding carboxylic acids is 2. The Morgan fingerprint density at radius 2 is 1.84 bits per heavy atom. The summed E-state index contributed by atoms with van der Waals surface area (Å²) in [5.74, 6) is -3.02. The van der Waals surface area contributed by atoms with Gasteiger partial charge in [-0.1, -0.05) is 48.5 Å². The van der Waals surface area contributed by atoms with Gasteiger partial charge in [-0.3, -0.25) is 19.5 Å². The number of Topliss-reactive ketones (excluding diaryl/α,β-unsaturated/α-hetero) is 1. The summed E-state index contributed by atoms with van der Waals surface area (Å²) < 4.78 is 42.6. The molecule has 1 amide bonds. The van der Waals surface area contributed by atoms with Crippen LogP contribution in [-0.4, -0.2) is 52.0 Å². The molecule has 0 saturated carbocycles. The number of hydrogen-bond acceptors (Lipinski definition) is 6. The molecule has 1 fully saturated rings. The Kier molecular flexibility index (Phi) is 7.27. The molecule has 3 heterocycles. The van der Waals surface area contributed by atoms with E-state index in [-0.39, 0.29) is 31.7 Å². The molecule has 0 aliphatic carbocycles. The monoisotopic (exact) mass is 538 g/mol. The predicted octanol–water partition coefficient (Wildman–Crippen LogP) is 5.88. The molecule has 0 bridgehead atoms. The first-order valence-electron chi connectivity index (χ1n) is 12.2. The van der Waals surface area contributed by atoms with Crippen LogP contribution in [0.3, 0.4) is 0 Å². The van der Waals surface area contributed by atoms with Crippen molar-refractivity contribution in [3.05, 3.63) is 83.1 Å². The van der Waals surface area contributed by atoms with Gasteiger partial charge in [-0.25, -0.2) is 4.98 Å². The molecule has 10 heteroatoms. The lowest BCUT2D eigenvalue weighted by atomic mass is 9.84. The number of nitrogens with one attached hydrogen (secondary N) is 1. The number of alkyl halides is 3. The summed E-state index contributed by atoms with van der Waals surface area (Å²) in [5.41, 5.74) is 1.58. The SMILES string of the molecule is Cc1nc(C(=O)C2C(C(F)(F)F)CCCN2CNC(=O)c2cccc3cccnc23)c(-c2ccccc2)s1. The molecular formula is C28H25F3N4O2S. The molecular weight excluding hydrogens is 513 g/mol. The molecule has 4 aromatic rings. The summed E-state index contributed by atoms with van der Waals surface area (Å²) in [6.45, 7) is 1.75. The van der Waals surface area contributed by atoms with Crippen molar-refractivity contribution in [2.45, 2.75) is 32.0 Å². The zero-order valence-electron chi connectivity index (χ0n) is 20.5. The molecule has 38 heavy (non-hydrogen) atoms. The van der Waals surface area contributed by atoms with Crippen LogP contribution in [0, 0.1) is 12.8 Å². The lowest BCUT2D eigenvalue weighted by Gasteiger charge is -2.40. The maximum atomic E-state index is 14.2. The minimum atomic E-state index is -4.58. The highest BCUT2D eigenvalue weighted by Gasteiger charge is 2.51. The number of aryl methyl sites for hydroxylation is 1. The maximum absolute atomic E-state index is 14.2. The van der Waals surface area contributed by atoms with Gasteiger partial charge in [-0.05, 0) is 37.5 Å². The lowest BCUT2D eigenvalue weighted by Crippen LogP contribution is -2.57. The van der Waals surface area contributed by atoms with E-state index in [9.17, 15) is 22.8 Å². The van der Waals surface area contributed by atoms with Crippen LogP contribution in [0.1, 0.15) is 38.7 Å². The highest BCUT2D eigenvalue weighted by Crippen LogP contribution is 2.40. The number of piperidine rings is 1. The molecule has 1 aliphatic rings. The Bertz CT molecular complexity index is 1470. The molecule has 2 atom stereocenters. The highest BCUT2D eigenvalue weighted by molar-refractivity contribution is 7.15.